The zero-order chi connectivity index (χ0) is 12.1. The Labute approximate surface area is 106 Å². The van der Waals surface area contributed by atoms with Crippen molar-refractivity contribution in [2.24, 2.45) is 0 Å². The number of rotatable bonds is 3. The van der Waals surface area contributed by atoms with Crippen LogP contribution in [-0.2, 0) is 0 Å². The Kier molecular flexibility index (Phi) is 5.26. The van der Waals surface area contributed by atoms with Gasteiger partial charge in [0.05, 0.1) is 0 Å². The van der Waals surface area contributed by atoms with Crippen molar-refractivity contribution in [2.75, 3.05) is 19.7 Å². The van der Waals surface area contributed by atoms with E-state index in [0.29, 0.717) is 18.7 Å². The monoisotopic (exact) mass is 240 g/mol. The summed E-state index contributed by atoms with van der Waals surface area (Å²) >= 11 is 0. The Morgan fingerprint density at radius 3 is 2.47 bits per heavy atom. The van der Waals surface area contributed by atoms with Gasteiger partial charge >= 0.3 is 0 Å². The van der Waals surface area contributed by atoms with Crippen molar-refractivity contribution in [1.29, 1.82) is 0 Å². The Morgan fingerprint density at radius 2 is 1.82 bits per heavy atom. The molecule has 0 spiro atoms. The van der Waals surface area contributed by atoms with E-state index < -0.39 is 0 Å². The zero-order valence-corrected chi connectivity index (χ0v) is 11.2. The van der Waals surface area contributed by atoms with E-state index in [0.717, 1.165) is 19.0 Å². The van der Waals surface area contributed by atoms with Crippen molar-refractivity contribution < 1.29 is 5.11 Å². The summed E-state index contributed by atoms with van der Waals surface area (Å²) in [6, 6.07) is 1.87. The molecule has 100 valence electrons. The highest BCUT2D eigenvalue weighted by atomic mass is 16.3. The van der Waals surface area contributed by atoms with Crippen LogP contribution in [0.3, 0.4) is 0 Å². The second-order valence-corrected chi connectivity index (χ2v) is 5.88. The molecule has 0 aromatic rings. The van der Waals surface area contributed by atoms with Crippen LogP contribution in [-0.4, -0.2) is 47.8 Å². The number of piperazine rings is 1. The lowest BCUT2D eigenvalue weighted by atomic mass is 10.0. The maximum atomic E-state index is 9.09. The number of nitrogens with zero attached hydrogens (tertiary/aromatic N) is 1. The van der Waals surface area contributed by atoms with Gasteiger partial charge in [-0.05, 0) is 26.2 Å². The second-order valence-electron chi connectivity index (χ2n) is 5.88. The molecule has 0 aromatic heterocycles. The molecule has 3 nitrogen and oxygen atoms in total. The first kappa shape index (κ1) is 13.3. The summed E-state index contributed by atoms with van der Waals surface area (Å²) < 4.78 is 0. The van der Waals surface area contributed by atoms with E-state index in [1.807, 2.05) is 0 Å². The summed E-state index contributed by atoms with van der Waals surface area (Å²) in [5.74, 6) is 0. The molecule has 0 aromatic carbocycles. The molecule has 2 unspecified atom stereocenters. The maximum Gasteiger partial charge on any atom is 0.0446 e. The summed E-state index contributed by atoms with van der Waals surface area (Å²) in [7, 11) is 0. The lowest BCUT2D eigenvalue weighted by Gasteiger charge is -2.41. The molecule has 3 heteroatoms. The number of hydrogen-bond donors (Lipinski definition) is 2. The first-order valence-electron chi connectivity index (χ1n) is 7.40. The quantitative estimate of drug-likeness (QED) is 0.738. The first-order chi connectivity index (χ1) is 8.29. The van der Waals surface area contributed by atoms with Crippen molar-refractivity contribution in [3.05, 3.63) is 0 Å². The van der Waals surface area contributed by atoms with E-state index in [-0.39, 0.29) is 0 Å². The first-order valence-corrected chi connectivity index (χ1v) is 7.40. The van der Waals surface area contributed by atoms with E-state index in [9.17, 15) is 0 Å². The van der Waals surface area contributed by atoms with Crippen molar-refractivity contribution in [3.8, 4) is 0 Å². The van der Waals surface area contributed by atoms with E-state index >= 15 is 0 Å². The van der Waals surface area contributed by atoms with Gasteiger partial charge in [-0.2, -0.15) is 0 Å². The predicted molar refractivity (Wildman–Crippen MR) is 71.2 cm³/mol. The number of aliphatic hydroxyl groups is 1. The third-order valence-electron chi connectivity index (χ3n) is 4.30. The van der Waals surface area contributed by atoms with Crippen LogP contribution in [0.2, 0.25) is 0 Å². The van der Waals surface area contributed by atoms with Gasteiger partial charge in [-0.3, -0.25) is 4.90 Å². The second kappa shape index (κ2) is 6.72. The molecule has 0 amide bonds. The summed E-state index contributed by atoms with van der Waals surface area (Å²) in [4.78, 5) is 2.69. The standard InChI is InChI=1S/C14H28N2O/c1-12-10-16(11-13(15-12)8-9-17)14-6-4-2-3-5-7-14/h12-15,17H,2-11H2,1H3. The summed E-state index contributed by atoms with van der Waals surface area (Å²) in [6.45, 7) is 4.90. The fraction of sp³-hybridized carbons (Fsp3) is 1.00. The van der Waals surface area contributed by atoms with Crippen LogP contribution in [0, 0.1) is 0 Å². The van der Waals surface area contributed by atoms with Gasteiger partial charge in [0, 0.05) is 37.8 Å². The minimum atomic E-state index is 0.308. The van der Waals surface area contributed by atoms with E-state index in [2.05, 4.69) is 17.1 Å². The molecule has 2 N–H and O–H groups in total. The van der Waals surface area contributed by atoms with Crippen molar-refractivity contribution >= 4 is 0 Å². The summed E-state index contributed by atoms with van der Waals surface area (Å²) in [6.07, 6.45) is 9.35. The molecule has 2 fully saturated rings. The highest BCUT2D eigenvalue weighted by Gasteiger charge is 2.28. The van der Waals surface area contributed by atoms with Gasteiger partial charge in [0.2, 0.25) is 0 Å². The molecule has 2 rings (SSSR count). The molecule has 1 aliphatic heterocycles. The Bertz CT molecular complexity index is 214. The molecule has 0 radical (unpaired) electrons. The van der Waals surface area contributed by atoms with Gasteiger partial charge in [-0.1, -0.05) is 25.7 Å². The molecule has 17 heavy (non-hydrogen) atoms. The minimum Gasteiger partial charge on any atom is -0.396 e. The summed E-state index contributed by atoms with van der Waals surface area (Å²) in [5, 5.41) is 12.7. The topological polar surface area (TPSA) is 35.5 Å². The van der Waals surface area contributed by atoms with Gasteiger partial charge in [0.15, 0.2) is 0 Å². The Hall–Kier alpha value is -0.120. The molecule has 1 heterocycles. The molecule has 0 bridgehead atoms. The average molecular weight is 240 g/mol. The van der Waals surface area contributed by atoms with E-state index in [4.69, 9.17) is 5.11 Å². The lowest BCUT2D eigenvalue weighted by molar-refractivity contribution is 0.0973. The zero-order valence-electron chi connectivity index (χ0n) is 11.2. The van der Waals surface area contributed by atoms with E-state index in [1.165, 1.54) is 45.1 Å². The van der Waals surface area contributed by atoms with Crippen LogP contribution in [0.5, 0.6) is 0 Å². The molecular formula is C14H28N2O. The Morgan fingerprint density at radius 1 is 1.12 bits per heavy atom. The van der Waals surface area contributed by atoms with Gasteiger partial charge in [-0.25, -0.2) is 0 Å². The SMILES string of the molecule is CC1CN(C2CCCCCC2)CC(CCO)N1. The van der Waals surface area contributed by atoms with Crippen LogP contribution >= 0.6 is 0 Å². The van der Waals surface area contributed by atoms with Gasteiger partial charge < -0.3 is 10.4 Å². The third kappa shape index (κ3) is 3.94. The molecule has 1 aliphatic carbocycles. The van der Waals surface area contributed by atoms with Crippen LogP contribution in [0.4, 0.5) is 0 Å². The van der Waals surface area contributed by atoms with Crippen LogP contribution in [0.15, 0.2) is 0 Å². The van der Waals surface area contributed by atoms with Gasteiger partial charge in [0.25, 0.3) is 0 Å². The van der Waals surface area contributed by atoms with Crippen molar-refractivity contribution in [1.82, 2.24) is 10.2 Å². The van der Waals surface area contributed by atoms with Crippen molar-refractivity contribution in [3.63, 3.8) is 0 Å². The smallest absolute Gasteiger partial charge is 0.0446 e. The lowest BCUT2D eigenvalue weighted by Crippen LogP contribution is -2.58. The fourth-order valence-electron chi connectivity index (χ4n) is 3.47. The summed E-state index contributed by atoms with van der Waals surface area (Å²) in [5.41, 5.74) is 0. The number of nitrogens with one attached hydrogen (secondary N) is 1. The van der Waals surface area contributed by atoms with Crippen LogP contribution < -0.4 is 5.32 Å². The fourth-order valence-corrected chi connectivity index (χ4v) is 3.47. The third-order valence-corrected chi connectivity index (χ3v) is 4.30. The molecule has 1 saturated heterocycles. The minimum absolute atomic E-state index is 0.308. The van der Waals surface area contributed by atoms with Gasteiger partial charge in [0.1, 0.15) is 0 Å². The highest BCUT2D eigenvalue weighted by molar-refractivity contribution is 4.87. The Balaban J connectivity index is 1.89. The molecule has 2 atom stereocenters. The van der Waals surface area contributed by atoms with E-state index in [1.54, 1.807) is 0 Å². The number of hydrogen-bond acceptors (Lipinski definition) is 3. The molecule has 2 aliphatic rings. The normalized spacial score (nSPS) is 33.5. The predicted octanol–water partition coefficient (Wildman–Crippen LogP) is 1.75. The highest BCUT2D eigenvalue weighted by Crippen LogP contribution is 2.23. The van der Waals surface area contributed by atoms with Crippen LogP contribution in [0.25, 0.3) is 0 Å². The molecule has 1 saturated carbocycles. The number of aliphatic hydroxyl groups excluding tert-OH is 1. The molecular weight excluding hydrogens is 212 g/mol. The van der Waals surface area contributed by atoms with Gasteiger partial charge in [-0.15, -0.1) is 0 Å². The largest absolute Gasteiger partial charge is 0.396 e. The van der Waals surface area contributed by atoms with Crippen LogP contribution in [0.1, 0.15) is 51.9 Å². The maximum absolute atomic E-state index is 9.09. The average Bonchev–Trinajstić information content (AvgIpc) is 2.57. The van der Waals surface area contributed by atoms with Crippen molar-refractivity contribution in [2.45, 2.75) is 70.0 Å².